The van der Waals surface area contributed by atoms with Crippen LogP contribution in [0.15, 0.2) is 42.7 Å². The Kier molecular flexibility index (Phi) is 7.12. The molecule has 188 valence electrons. The van der Waals surface area contributed by atoms with Crippen molar-refractivity contribution >= 4 is 11.9 Å². The molecule has 1 aromatic carbocycles. The van der Waals surface area contributed by atoms with Crippen LogP contribution in [0.2, 0.25) is 0 Å². The van der Waals surface area contributed by atoms with Gasteiger partial charge in [-0.1, -0.05) is 24.0 Å². The predicted molar refractivity (Wildman–Crippen MR) is 134 cm³/mol. The minimum Gasteiger partial charge on any atom is -0.507 e. The Morgan fingerprint density at radius 3 is 2.81 bits per heavy atom. The highest BCUT2D eigenvalue weighted by Gasteiger charge is 2.31. The van der Waals surface area contributed by atoms with Gasteiger partial charge in [-0.25, -0.2) is 4.79 Å². The van der Waals surface area contributed by atoms with Crippen LogP contribution in [0.3, 0.4) is 0 Å². The molecule has 1 saturated heterocycles. The van der Waals surface area contributed by atoms with E-state index in [0.29, 0.717) is 42.1 Å². The molecule has 1 aliphatic rings. The lowest BCUT2D eigenvalue weighted by molar-refractivity contribution is -0.0595. The molecule has 0 saturated carbocycles. The van der Waals surface area contributed by atoms with E-state index >= 15 is 0 Å². The first-order valence-corrected chi connectivity index (χ1v) is 11.7. The summed E-state index contributed by atoms with van der Waals surface area (Å²) in [5, 5.41) is 22.6. The summed E-state index contributed by atoms with van der Waals surface area (Å²) in [5.41, 5.74) is 7.62. The van der Waals surface area contributed by atoms with Gasteiger partial charge in [0.15, 0.2) is 5.82 Å². The number of rotatable bonds is 3. The molecule has 2 unspecified atom stereocenters. The number of phenols is 1. The van der Waals surface area contributed by atoms with E-state index in [2.05, 4.69) is 27.1 Å². The normalized spacial score (nSPS) is 16.7. The lowest BCUT2D eigenvalue weighted by atomic mass is 10.1. The molecule has 3 heterocycles. The van der Waals surface area contributed by atoms with Crippen LogP contribution in [0.5, 0.6) is 5.75 Å². The van der Waals surface area contributed by atoms with Gasteiger partial charge in [-0.3, -0.25) is 4.68 Å². The molecule has 2 atom stereocenters. The van der Waals surface area contributed by atoms with Crippen molar-refractivity contribution < 1.29 is 19.4 Å². The Morgan fingerprint density at radius 1 is 1.28 bits per heavy atom. The van der Waals surface area contributed by atoms with Crippen LogP contribution in [0.1, 0.15) is 44.9 Å². The van der Waals surface area contributed by atoms with Crippen LogP contribution in [0.25, 0.3) is 11.3 Å². The molecule has 1 fully saturated rings. The van der Waals surface area contributed by atoms with Gasteiger partial charge in [0.1, 0.15) is 11.4 Å². The predicted octanol–water partition coefficient (Wildman–Crippen LogP) is 3.22. The fourth-order valence-corrected chi connectivity index (χ4v) is 3.72. The summed E-state index contributed by atoms with van der Waals surface area (Å²) in [5.74, 6) is 6.37. The van der Waals surface area contributed by atoms with Gasteiger partial charge in [0.2, 0.25) is 0 Å². The summed E-state index contributed by atoms with van der Waals surface area (Å²) in [7, 11) is 0. The molecule has 3 N–H and O–H groups in total. The summed E-state index contributed by atoms with van der Waals surface area (Å²) in [6.07, 6.45) is 2.89. The number of nitrogens with zero attached hydrogens (tertiary/aromatic N) is 5. The first kappa shape index (κ1) is 25.0. The zero-order valence-corrected chi connectivity index (χ0v) is 20.8. The van der Waals surface area contributed by atoms with Crippen molar-refractivity contribution in [3.63, 3.8) is 0 Å². The van der Waals surface area contributed by atoms with Crippen molar-refractivity contribution in [1.29, 1.82) is 0 Å². The van der Waals surface area contributed by atoms with E-state index in [4.69, 9.17) is 15.2 Å². The second-order valence-corrected chi connectivity index (χ2v) is 9.58. The summed E-state index contributed by atoms with van der Waals surface area (Å²) >= 11 is 0. The molecule has 2 aromatic heterocycles. The number of para-hydroxylation sites is 1. The highest BCUT2D eigenvalue weighted by Crippen LogP contribution is 2.28. The van der Waals surface area contributed by atoms with Crippen molar-refractivity contribution in [1.82, 2.24) is 24.9 Å². The fourth-order valence-electron chi connectivity index (χ4n) is 3.72. The van der Waals surface area contributed by atoms with E-state index < -0.39 is 5.60 Å². The zero-order valence-electron chi connectivity index (χ0n) is 20.8. The number of phenolic OH excluding ortho intramolecular Hbond substituents is 1. The second kappa shape index (κ2) is 10.3. The van der Waals surface area contributed by atoms with Crippen LogP contribution >= 0.6 is 0 Å². The number of anilines is 1. The molecule has 1 amide bonds. The summed E-state index contributed by atoms with van der Waals surface area (Å²) in [6, 6.07) is 8.42. The Balaban J connectivity index is 1.47. The highest BCUT2D eigenvalue weighted by molar-refractivity contribution is 5.69. The Bertz CT molecular complexity index is 1300. The third-order valence-electron chi connectivity index (χ3n) is 5.65. The minimum absolute atomic E-state index is 0.0981. The number of hydrogen-bond acceptors (Lipinski definition) is 8. The average molecular weight is 491 g/mol. The standard InChI is InChI=1S/C26H30N6O4/c1-17(23-16-31(11-12-35-23)25(34)36-26(2,3)4)32-15-18(14-28-32)9-10-19-13-21(29-30-24(19)27)20-7-5-6-8-22(20)33/h5-8,13-15,17,23,33H,11-12,16H2,1-4H3,(H2,27,30). The van der Waals surface area contributed by atoms with E-state index in [0.717, 1.165) is 0 Å². The number of amides is 1. The van der Waals surface area contributed by atoms with Gasteiger partial charge in [-0.15, -0.1) is 10.2 Å². The first-order valence-electron chi connectivity index (χ1n) is 11.7. The average Bonchev–Trinajstić information content (AvgIpc) is 3.31. The molecule has 0 radical (unpaired) electrons. The minimum atomic E-state index is -0.554. The number of hydrogen-bond donors (Lipinski definition) is 2. The zero-order chi connectivity index (χ0) is 25.9. The van der Waals surface area contributed by atoms with E-state index in [1.54, 1.807) is 46.1 Å². The number of ether oxygens (including phenoxy) is 2. The largest absolute Gasteiger partial charge is 0.507 e. The first-order chi connectivity index (χ1) is 17.1. The van der Waals surface area contributed by atoms with Crippen molar-refractivity contribution in [3.05, 3.63) is 53.9 Å². The second-order valence-electron chi connectivity index (χ2n) is 9.58. The van der Waals surface area contributed by atoms with Gasteiger partial charge in [-0.05, 0) is 45.9 Å². The van der Waals surface area contributed by atoms with Crippen LogP contribution < -0.4 is 5.73 Å². The van der Waals surface area contributed by atoms with Gasteiger partial charge in [0, 0.05) is 18.3 Å². The lowest BCUT2D eigenvalue weighted by Gasteiger charge is -2.36. The van der Waals surface area contributed by atoms with Crippen LogP contribution in [0, 0.1) is 11.8 Å². The molecule has 36 heavy (non-hydrogen) atoms. The molecular formula is C26H30N6O4. The Labute approximate surface area is 210 Å². The summed E-state index contributed by atoms with van der Waals surface area (Å²) in [6.45, 7) is 8.84. The van der Waals surface area contributed by atoms with Crippen molar-refractivity contribution in [2.24, 2.45) is 0 Å². The Hall–Kier alpha value is -4.10. The number of morpholine rings is 1. The van der Waals surface area contributed by atoms with Gasteiger partial charge >= 0.3 is 6.09 Å². The van der Waals surface area contributed by atoms with Crippen LogP contribution in [-0.2, 0) is 9.47 Å². The third kappa shape index (κ3) is 5.93. The third-order valence-corrected chi connectivity index (χ3v) is 5.65. The molecule has 1 aliphatic heterocycles. The number of carbonyl (C=O) groups is 1. The molecule has 4 rings (SSSR count). The van der Waals surface area contributed by atoms with Crippen molar-refractivity contribution in [3.8, 4) is 28.8 Å². The maximum Gasteiger partial charge on any atom is 0.410 e. The summed E-state index contributed by atoms with van der Waals surface area (Å²) in [4.78, 5) is 14.1. The molecule has 0 spiro atoms. The fraction of sp³-hybridized carbons (Fsp3) is 0.385. The lowest BCUT2D eigenvalue weighted by Crippen LogP contribution is -2.49. The maximum absolute atomic E-state index is 12.5. The number of benzene rings is 1. The van der Waals surface area contributed by atoms with Gasteiger partial charge in [0.05, 0.1) is 48.3 Å². The highest BCUT2D eigenvalue weighted by atomic mass is 16.6. The van der Waals surface area contributed by atoms with Crippen molar-refractivity contribution in [2.75, 3.05) is 25.4 Å². The SMILES string of the molecule is CC(C1CN(C(=O)OC(C)(C)C)CCO1)n1cc(C#Cc2cc(-c3ccccc3O)nnc2N)cn1. The quantitative estimate of drug-likeness (QED) is 0.536. The number of nitrogens with two attached hydrogens (primary N) is 1. The number of aromatic hydroxyl groups is 1. The monoisotopic (exact) mass is 490 g/mol. The van der Waals surface area contributed by atoms with Crippen LogP contribution in [0.4, 0.5) is 10.6 Å². The van der Waals surface area contributed by atoms with E-state index in [1.165, 1.54) is 0 Å². The molecular weight excluding hydrogens is 460 g/mol. The van der Waals surface area contributed by atoms with Gasteiger partial charge in [0.25, 0.3) is 0 Å². The van der Waals surface area contributed by atoms with Gasteiger partial charge in [-0.2, -0.15) is 5.10 Å². The number of aromatic nitrogens is 4. The van der Waals surface area contributed by atoms with E-state index in [-0.39, 0.29) is 29.8 Å². The topological polar surface area (TPSA) is 129 Å². The summed E-state index contributed by atoms with van der Waals surface area (Å²) < 4.78 is 13.2. The van der Waals surface area contributed by atoms with Gasteiger partial charge < -0.3 is 25.2 Å². The van der Waals surface area contributed by atoms with E-state index in [1.807, 2.05) is 33.9 Å². The molecule has 0 bridgehead atoms. The Morgan fingerprint density at radius 2 is 2.06 bits per heavy atom. The van der Waals surface area contributed by atoms with Crippen molar-refractivity contribution in [2.45, 2.75) is 45.4 Å². The van der Waals surface area contributed by atoms with Crippen LogP contribution in [-0.4, -0.2) is 67.5 Å². The molecule has 0 aliphatic carbocycles. The number of nitrogen functional groups attached to an aromatic ring is 1. The number of carbonyl (C=O) groups excluding carboxylic acids is 1. The smallest absolute Gasteiger partial charge is 0.410 e. The van der Waals surface area contributed by atoms with E-state index in [9.17, 15) is 9.90 Å². The molecule has 10 heteroatoms. The molecule has 10 nitrogen and oxygen atoms in total. The molecule has 3 aromatic rings. The maximum atomic E-state index is 12.5.